The molecule has 2 N–H and O–H groups in total. The van der Waals surface area contributed by atoms with Crippen molar-refractivity contribution in [2.75, 3.05) is 5.32 Å². The van der Waals surface area contributed by atoms with Crippen molar-refractivity contribution in [3.05, 3.63) is 58.0 Å². The Labute approximate surface area is 138 Å². The third-order valence-electron chi connectivity index (χ3n) is 3.35. The highest BCUT2D eigenvalue weighted by molar-refractivity contribution is 6.33. The van der Waals surface area contributed by atoms with Crippen molar-refractivity contribution in [2.45, 2.75) is 13.8 Å². The molecule has 3 rings (SSSR count). The van der Waals surface area contributed by atoms with Gasteiger partial charge in [-0.3, -0.25) is 0 Å². The van der Waals surface area contributed by atoms with E-state index in [0.717, 1.165) is 28.5 Å². The molecule has 0 aliphatic heterocycles. The summed E-state index contributed by atoms with van der Waals surface area (Å²) in [7, 11) is 0. The molecule has 112 valence electrons. The Morgan fingerprint density at radius 1 is 1.09 bits per heavy atom. The van der Waals surface area contributed by atoms with E-state index in [-0.39, 0.29) is 0 Å². The number of aromatic nitrogens is 3. The molecule has 1 aromatic carbocycles. The van der Waals surface area contributed by atoms with Crippen molar-refractivity contribution >= 4 is 34.7 Å². The molecule has 0 saturated carbocycles. The van der Waals surface area contributed by atoms with Gasteiger partial charge in [0.25, 0.3) is 0 Å². The van der Waals surface area contributed by atoms with E-state index in [1.165, 1.54) is 0 Å². The molecule has 2 heterocycles. The van der Waals surface area contributed by atoms with Gasteiger partial charge in [0, 0.05) is 28.2 Å². The Kier molecular flexibility index (Phi) is 4.05. The fourth-order valence-electron chi connectivity index (χ4n) is 2.01. The second kappa shape index (κ2) is 5.99. The molecule has 6 heteroatoms. The van der Waals surface area contributed by atoms with Gasteiger partial charge in [-0.1, -0.05) is 23.2 Å². The molecule has 0 aliphatic carbocycles. The average molecular weight is 333 g/mol. The van der Waals surface area contributed by atoms with Crippen LogP contribution in [0, 0.1) is 13.8 Å². The van der Waals surface area contributed by atoms with Crippen molar-refractivity contribution in [3.8, 4) is 11.4 Å². The van der Waals surface area contributed by atoms with Crippen LogP contribution < -0.4 is 5.32 Å². The number of benzene rings is 1. The van der Waals surface area contributed by atoms with E-state index in [0.29, 0.717) is 15.9 Å². The number of aromatic amines is 1. The molecule has 0 atom stereocenters. The van der Waals surface area contributed by atoms with Crippen molar-refractivity contribution < 1.29 is 0 Å². The zero-order chi connectivity index (χ0) is 15.7. The van der Waals surface area contributed by atoms with E-state index in [9.17, 15) is 0 Å². The van der Waals surface area contributed by atoms with Crippen LogP contribution in [0.2, 0.25) is 10.0 Å². The van der Waals surface area contributed by atoms with Gasteiger partial charge in [0.05, 0.1) is 10.7 Å². The molecule has 4 nitrogen and oxygen atoms in total. The summed E-state index contributed by atoms with van der Waals surface area (Å²) >= 11 is 12.2. The van der Waals surface area contributed by atoms with Crippen LogP contribution in [-0.4, -0.2) is 15.0 Å². The molecule has 0 saturated heterocycles. The topological polar surface area (TPSA) is 53.6 Å². The first-order valence-electron chi connectivity index (χ1n) is 6.74. The number of aryl methyl sites for hydroxylation is 2. The van der Waals surface area contributed by atoms with Gasteiger partial charge < -0.3 is 10.3 Å². The lowest BCUT2D eigenvalue weighted by molar-refractivity contribution is 1.22. The van der Waals surface area contributed by atoms with Crippen molar-refractivity contribution in [2.24, 2.45) is 0 Å². The minimum Gasteiger partial charge on any atom is -0.342 e. The smallest absolute Gasteiger partial charge is 0.149 e. The van der Waals surface area contributed by atoms with Gasteiger partial charge in [-0.05, 0) is 44.2 Å². The van der Waals surface area contributed by atoms with E-state index in [1.54, 1.807) is 18.3 Å². The predicted octanol–water partition coefficient (Wildman–Crippen LogP) is 5.14. The highest BCUT2D eigenvalue weighted by Gasteiger charge is 2.09. The third kappa shape index (κ3) is 3.08. The molecule has 22 heavy (non-hydrogen) atoms. The Morgan fingerprint density at radius 2 is 1.82 bits per heavy atom. The molecule has 3 aromatic rings. The number of hydrogen-bond acceptors (Lipinski definition) is 3. The maximum atomic E-state index is 6.31. The highest BCUT2D eigenvalue weighted by Crippen LogP contribution is 2.28. The fraction of sp³-hybridized carbons (Fsp3) is 0.125. The van der Waals surface area contributed by atoms with Crippen LogP contribution in [0.3, 0.4) is 0 Å². The largest absolute Gasteiger partial charge is 0.342 e. The summed E-state index contributed by atoms with van der Waals surface area (Å²) in [5.74, 6) is 1.36. The van der Waals surface area contributed by atoms with E-state index in [4.69, 9.17) is 23.2 Å². The van der Waals surface area contributed by atoms with Crippen LogP contribution in [0.1, 0.15) is 11.4 Å². The summed E-state index contributed by atoms with van der Waals surface area (Å²) in [6.07, 6.45) is 1.74. The van der Waals surface area contributed by atoms with Gasteiger partial charge in [-0.25, -0.2) is 9.97 Å². The number of H-pyrrole nitrogens is 1. The lowest BCUT2D eigenvalue weighted by atomic mass is 10.2. The maximum absolute atomic E-state index is 6.31. The molecule has 0 spiro atoms. The second-order valence-electron chi connectivity index (χ2n) is 4.98. The van der Waals surface area contributed by atoms with Crippen molar-refractivity contribution in [1.29, 1.82) is 0 Å². The van der Waals surface area contributed by atoms with E-state index >= 15 is 0 Å². The Balaban J connectivity index is 1.87. The van der Waals surface area contributed by atoms with Crippen LogP contribution >= 0.6 is 23.2 Å². The lowest BCUT2D eigenvalue weighted by Gasteiger charge is -2.08. The van der Waals surface area contributed by atoms with Crippen LogP contribution in [0.25, 0.3) is 11.4 Å². The molecular weight excluding hydrogens is 319 g/mol. The van der Waals surface area contributed by atoms with Gasteiger partial charge in [-0.2, -0.15) is 0 Å². The number of nitrogens with one attached hydrogen (secondary N) is 2. The molecule has 0 fully saturated rings. The second-order valence-corrected chi connectivity index (χ2v) is 5.83. The number of rotatable bonds is 3. The van der Waals surface area contributed by atoms with Gasteiger partial charge in [0.1, 0.15) is 11.6 Å². The third-order valence-corrected chi connectivity index (χ3v) is 3.89. The molecule has 2 aromatic heterocycles. The quantitative estimate of drug-likeness (QED) is 0.698. The number of halogens is 2. The zero-order valence-corrected chi connectivity index (χ0v) is 13.6. The van der Waals surface area contributed by atoms with Crippen molar-refractivity contribution in [1.82, 2.24) is 15.0 Å². The predicted molar refractivity (Wildman–Crippen MR) is 91.0 cm³/mol. The summed E-state index contributed by atoms with van der Waals surface area (Å²) in [5, 5.41) is 4.37. The Hall–Kier alpha value is -2.04. The lowest BCUT2D eigenvalue weighted by Crippen LogP contribution is -1.95. The highest BCUT2D eigenvalue weighted by atomic mass is 35.5. The van der Waals surface area contributed by atoms with Crippen molar-refractivity contribution in [3.63, 3.8) is 0 Å². The van der Waals surface area contributed by atoms with Crippen LogP contribution in [-0.2, 0) is 0 Å². The van der Waals surface area contributed by atoms with E-state index in [1.807, 2.05) is 32.0 Å². The number of nitrogens with zero attached hydrogens (tertiary/aromatic N) is 2. The summed E-state index contributed by atoms with van der Waals surface area (Å²) in [4.78, 5) is 12.0. The molecular formula is C16H14Cl2N4. The fourth-order valence-corrected chi connectivity index (χ4v) is 2.35. The Morgan fingerprint density at radius 3 is 2.41 bits per heavy atom. The minimum atomic E-state index is 0.527. The molecule has 0 unspecified atom stereocenters. The van der Waals surface area contributed by atoms with Crippen LogP contribution in [0.15, 0.2) is 36.5 Å². The summed E-state index contributed by atoms with van der Waals surface area (Å²) < 4.78 is 0. The van der Waals surface area contributed by atoms with Gasteiger partial charge >= 0.3 is 0 Å². The first kappa shape index (κ1) is 14.9. The zero-order valence-electron chi connectivity index (χ0n) is 12.1. The summed E-state index contributed by atoms with van der Waals surface area (Å²) in [6.45, 7) is 3.94. The summed E-state index contributed by atoms with van der Waals surface area (Å²) in [6, 6.07) is 9.19. The normalized spacial score (nSPS) is 10.7. The SMILES string of the molecule is Cc1nc(-c2cnc(Nc3ccc(Cl)cc3)c(Cl)c2)[nH]c1C. The number of imidazole rings is 1. The average Bonchev–Trinajstić information content (AvgIpc) is 2.83. The maximum Gasteiger partial charge on any atom is 0.149 e. The monoisotopic (exact) mass is 332 g/mol. The van der Waals surface area contributed by atoms with E-state index < -0.39 is 0 Å². The molecule has 0 radical (unpaired) electrons. The molecule has 0 bridgehead atoms. The number of pyridine rings is 1. The van der Waals surface area contributed by atoms with Crippen LogP contribution in [0.5, 0.6) is 0 Å². The molecule has 0 amide bonds. The van der Waals surface area contributed by atoms with Gasteiger partial charge in [-0.15, -0.1) is 0 Å². The van der Waals surface area contributed by atoms with Crippen LogP contribution in [0.4, 0.5) is 11.5 Å². The van der Waals surface area contributed by atoms with Gasteiger partial charge in [0.15, 0.2) is 0 Å². The van der Waals surface area contributed by atoms with Gasteiger partial charge in [0.2, 0.25) is 0 Å². The Bertz CT molecular complexity index is 790. The first-order valence-corrected chi connectivity index (χ1v) is 7.50. The number of hydrogen-bond donors (Lipinski definition) is 2. The standard InChI is InChI=1S/C16H14Cl2N4/c1-9-10(2)21-15(20-9)11-7-14(18)16(19-8-11)22-13-5-3-12(17)4-6-13/h3-8H,1-2H3,(H,19,22)(H,20,21). The first-order chi connectivity index (χ1) is 10.5. The molecule has 0 aliphatic rings. The minimum absolute atomic E-state index is 0.527. The number of anilines is 2. The summed E-state index contributed by atoms with van der Waals surface area (Å²) in [5.41, 5.74) is 3.73. The van der Waals surface area contributed by atoms with E-state index in [2.05, 4.69) is 20.3 Å².